The number of hydrogen-bond acceptors (Lipinski definition) is 4. The molecule has 5 heteroatoms. The van der Waals surface area contributed by atoms with E-state index in [0.29, 0.717) is 11.8 Å². The van der Waals surface area contributed by atoms with Crippen molar-refractivity contribution < 1.29 is 14.3 Å². The molecule has 2 aliphatic rings. The van der Waals surface area contributed by atoms with Crippen LogP contribution in [0.4, 0.5) is 0 Å². The van der Waals surface area contributed by atoms with Crippen LogP contribution in [0.3, 0.4) is 0 Å². The summed E-state index contributed by atoms with van der Waals surface area (Å²) < 4.78 is 10.9. The van der Waals surface area contributed by atoms with Crippen LogP contribution < -0.4 is 9.47 Å². The fraction of sp³-hybridized carbons (Fsp3) is 0.441. The van der Waals surface area contributed by atoms with Crippen molar-refractivity contribution in [1.29, 1.82) is 0 Å². The van der Waals surface area contributed by atoms with Gasteiger partial charge in [0, 0.05) is 37.2 Å². The van der Waals surface area contributed by atoms with Gasteiger partial charge in [0.2, 0.25) is 0 Å². The number of benzene rings is 3. The molecule has 0 aromatic heterocycles. The molecule has 2 atom stereocenters. The van der Waals surface area contributed by atoms with E-state index in [0.717, 1.165) is 62.6 Å². The SMILES string of the molecule is COc1ccc(C2(c3ccc(OC)cc3)CCCN(Cc3cccc(C(=O)N4CC(C)CC(C)C4)c3)C2)cc1. The normalized spacial score (nSPS) is 21.4. The minimum absolute atomic E-state index is 0.135. The first kappa shape index (κ1) is 27.3. The van der Waals surface area contributed by atoms with Crippen molar-refractivity contribution in [2.75, 3.05) is 40.4 Å². The highest BCUT2D eigenvalue weighted by molar-refractivity contribution is 5.94. The van der Waals surface area contributed by atoms with Crippen LogP contribution in [-0.4, -0.2) is 56.1 Å². The Bertz CT molecular complexity index is 1200. The van der Waals surface area contributed by atoms with E-state index in [4.69, 9.17) is 9.47 Å². The van der Waals surface area contributed by atoms with Crippen LogP contribution in [-0.2, 0) is 12.0 Å². The Morgan fingerprint density at radius 2 is 1.46 bits per heavy atom. The Hall–Kier alpha value is -3.31. The number of likely N-dealkylation sites (tertiary alicyclic amines) is 2. The molecule has 3 aromatic rings. The molecule has 2 unspecified atom stereocenters. The summed E-state index contributed by atoms with van der Waals surface area (Å²) in [4.78, 5) is 18.0. The Kier molecular flexibility index (Phi) is 8.27. The summed E-state index contributed by atoms with van der Waals surface area (Å²) >= 11 is 0. The van der Waals surface area contributed by atoms with E-state index in [9.17, 15) is 4.79 Å². The van der Waals surface area contributed by atoms with Crippen molar-refractivity contribution >= 4 is 5.91 Å². The van der Waals surface area contributed by atoms with Gasteiger partial charge >= 0.3 is 0 Å². The maximum Gasteiger partial charge on any atom is 0.253 e. The third kappa shape index (κ3) is 5.99. The molecule has 206 valence electrons. The Morgan fingerprint density at radius 3 is 2.03 bits per heavy atom. The number of carbonyl (C=O) groups excluding carboxylic acids is 1. The summed E-state index contributed by atoms with van der Waals surface area (Å²) in [5.41, 5.74) is 4.47. The van der Waals surface area contributed by atoms with Gasteiger partial charge < -0.3 is 14.4 Å². The minimum Gasteiger partial charge on any atom is -0.497 e. The van der Waals surface area contributed by atoms with E-state index in [1.807, 2.05) is 12.1 Å². The lowest BCUT2D eigenvalue weighted by atomic mass is 9.69. The van der Waals surface area contributed by atoms with E-state index in [-0.39, 0.29) is 11.3 Å². The number of carbonyl (C=O) groups is 1. The van der Waals surface area contributed by atoms with Crippen molar-refractivity contribution in [3.8, 4) is 11.5 Å². The highest BCUT2D eigenvalue weighted by Crippen LogP contribution is 2.42. The van der Waals surface area contributed by atoms with Crippen molar-refractivity contribution in [2.24, 2.45) is 11.8 Å². The lowest BCUT2D eigenvalue weighted by Gasteiger charge is -2.44. The summed E-state index contributed by atoms with van der Waals surface area (Å²) in [6.07, 6.45) is 3.37. The molecule has 5 rings (SSSR count). The van der Waals surface area contributed by atoms with E-state index in [2.05, 4.69) is 84.3 Å². The Balaban J connectivity index is 1.39. The minimum atomic E-state index is -0.135. The average Bonchev–Trinajstić information content (AvgIpc) is 2.96. The maximum atomic E-state index is 13.4. The molecule has 3 aromatic carbocycles. The van der Waals surface area contributed by atoms with Gasteiger partial charge in [-0.2, -0.15) is 0 Å². The van der Waals surface area contributed by atoms with Crippen LogP contribution >= 0.6 is 0 Å². The summed E-state index contributed by atoms with van der Waals surface area (Å²) in [5, 5.41) is 0. The van der Waals surface area contributed by atoms with Gasteiger partial charge in [-0.3, -0.25) is 9.69 Å². The molecule has 0 aliphatic carbocycles. The molecule has 2 aliphatic heterocycles. The van der Waals surface area contributed by atoms with Gasteiger partial charge in [0.1, 0.15) is 11.5 Å². The lowest BCUT2D eigenvalue weighted by Crippen LogP contribution is -2.46. The molecule has 0 radical (unpaired) electrons. The zero-order chi connectivity index (χ0) is 27.4. The zero-order valence-electron chi connectivity index (χ0n) is 23.9. The molecule has 0 saturated carbocycles. The highest BCUT2D eigenvalue weighted by atomic mass is 16.5. The largest absolute Gasteiger partial charge is 0.497 e. The first-order chi connectivity index (χ1) is 18.9. The van der Waals surface area contributed by atoms with Crippen LogP contribution in [0.1, 0.15) is 60.2 Å². The number of amides is 1. The molecule has 39 heavy (non-hydrogen) atoms. The van der Waals surface area contributed by atoms with Gasteiger partial charge in [-0.15, -0.1) is 0 Å². The summed E-state index contributed by atoms with van der Waals surface area (Å²) in [6.45, 7) is 8.97. The molecule has 0 spiro atoms. The predicted octanol–water partition coefficient (Wildman–Crippen LogP) is 6.40. The van der Waals surface area contributed by atoms with Gasteiger partial charge in [0.15, 0.2) is 0 Å². The first-order valence-electron chi connectivity index (χ1n) is 14.3. The number of rotatable bonds is 7. The molecule has 1 amide bonds. The van der Waals surface area contributed by atoms with Crippen molar-refractivity contribution in [3.05, 3.63) is 95.1 Å². The summed E-state index contributed by atoms with van der Waals surface area (Å²) in [6, 6.07) is 25.4. The highest BCUT2D eigenvalue weighted by Gasteiger charge is 2.39. The number of methoxy groups -OCH3 is 2. The monoisotopic (exact) mass is 526 g/mol. The summed E-state index contributed by atoms with van der Waals surface area (Å²) in [5.74, 6) is 3.02. The van der Waals surface area contributed by atoms with Gasteiger partial charge in [-0.05, 0) is 90.7 Å². The second-order valence-electron chi connectivity index (χ2n) is 11.7. The maximum absolute atomic E-state index is 13.4. The number of piperidine rings is 2. The van der Waals surface area contributed by atoms with Gasteiger partial charge in [-0.25, -0.2) is 0 Å². The molecule has 2 heterocycles. The quantitative estimate of drug-likeness (QED) is 0.357. The van der Waals surface area contributed by atoms with Gasteiger partial charge in [0.05, 0.1) is 14.2 Å². The van der Waals surface area contributed by atoms with Crippen LogP contribution in [0.2, 0.25) is 0 Å². The van der Waals surface area contributed by atoms with Crippen LogP contribution in [0.25, 0.3) is 0 Å². The molecule has 2 fully saturated rings. The number of hydrogen-bond donors (Lipinski definition) is 0. The molecule has 0 bridgehead atoms. The number of nitrogens with zero attached hydrogens (tertiary/aromatic N) is 2. The van der Waals surface area contributed by atoms with Gasteiger partial charge in [0.25, 0.3) is 5.91 Å². The van der Waals surface area contributed by atoms with E-state index in [1.165, 1.54) is 23.1 Å². The topological polar surface area (TPSA) is 42.0 Å². The smallest absolute Gasteiger partial charge is 0.253 e. The standard InChI is InChI=1S/C34H42N2O3/c1-25-19-26(2)22-36(21-25)33(37)28-8-5-7-27(20-28)23-35-18-6-17-34(24-35,29-9-13-31(38-3)14-10-29)30-11-15-32(39-4)16-12-30/h5,7-16,20,25-26H,6,17-19,21-24H2,1-4H3. The van der Waals surface area contributed by atoms with E-state index < -0.39 is 0 Å². The number of ether oxygens (including phenoxy) is 2. The third-order valence-electron chi connectivity index (χ3n) is 8.59. The van der Waals surface area contributed by atoms with Crippen molar-refractivity contribution in [3.63, 3.8) is 0 Å². The molecule has 0 N–H and O–H groups in total. The molecular weight excluding hydrogens is 484 g/mol. The van der Waals surface area contributed by atoms with Crippen LogP contribution in [0.15, 0.2) is 72.8 Å². The lowest BCUT2D eigenvalue weighted by molar-refractivity contribution is 0.0623. The average molecular weight is 527 g/mol. The molecular formula is C34H42N2O3. The fourth-order valence-corrected chi connectivity index (χ4v) is 6.81. The summed E-state index contributed by atoms with van der Waals surface area (Å²) in [7, 11) is 3.42. The van der Waals surface area contributed by atoms with E-state index >= 15 is 0 Å². The second-order valence-corrected chi connectivity index (χ2v) is 11.7. The molecule has 2 saturated heterocycles. The zero-order valence-corrected chi connectivity index (χ0v) is 23.9. The Morgan fingerprint density at radius 1 is 0.872 bits per heavy atom. The fourth-order valence-electron chi connectivity index (χ4n) is 6.81. The van der Waals surface area contributed by atoms with Crippen molar-refractivity contribution in [1.82, 2.24) is 9.80 Å². The third-order valence-corrected chi connectivity index (χ3v) is 8.59. The van der Waals surface area contributed by atoms with Gasteiger partial charge in [-0.1, -0.05) is 50.2 Å². The van der Waals surface area contributed by atoms with Crippen LogP contribution in [0, 0.1) is 11.8 Å². The van der Waals surface area contributed by atoms with E-state index in [1.54, 1.807) is 14.2 Å². The van der Waals surface area contributed by atoms with Crippen LogP contribution in [0.5, 0.6) is 11.5 Å². The van der Waals surface area contributed by atoms with Crippen molar-refractivity contribution in [2.45, 2.75) is 45.1 Å². The first-order valence-corrected chi connectivity index (χ1v) is 14.3. The Labute approximate surface area is 233 Å². The predicted molar refractivity (Wildman–Crippen MR) is 157 cm³/mol. The molecule has 5 nitrogen and oxygen atoms in total. The second kappa shape index (κ2) is 11.8.